The molecule has 0 fully saturated rings. The maximum atomic E-state index is 13.2. The molecule has 3 rings (SSSR count). The summed E-state index contributed by atoms with van der Waals surface area (Å²) in [5.41, 5.74) is 0.868. The summed E-state index contributed by atoms with van der Waals surface area (Å²) < 4.78 is 31.5. The Morgan fingerprint density at radius 1 is 1.00 bits per heavy atom. The maximum Gasteiger partial charge on any atom is 0.237 e. The van der Waals surface area contributed by atoms with Crippen LogP contribution in [0, 0.1) is 23.0 Å². The fraction of sp³-hybridized carbons (Fsp3) is 0. The number of nitriles is 1. The van der Waals surface area contributed by atoms with Crippen molar-refractivity contribution in [2.24, 2.45) is 0 Å². The minimum Gasteiger partial charge on any atom is -0.438 e. The quantitative estimate of drug-likeness (QED) is 0.708. The molecule has 5 heteroatoms. The van der Waals surface area contributed by atoms with Gasteiger partial charge in [0, 0.05) is 11.5 Å². The van der Waals surface area contributed by atoms with Crippen molar-refractivity contribution in [2.75, 3.05) is 0 Å². The number of hydrogen-bond acceptors (Lipinski definition) is 3. The zero-order valence-corrected chi connectivity index (χ0v) is 10.7. The van der Waals surface area contributed by atoms with Gasteiger partial charge in [-0.05, 0) is 24.3 Å². The van der Waals surface area contributed by atoms with Crippen molar-refractivity contribution >= 4 is 10.9 Å². The predicted octanol–water partition coefficient (Wildman–Crippen LogP) is 4.18. The van der Waals surface area contributed by atoms with Crippen LogP contribution in [0.5, 0.6) is 11.6 Å². The van der Waals surface area contributed by atoms with Gasteiger partial charge in [-0.1, -0.05) is 18.2 Å². The molecule has 0 saturated carbocycles. The Kier molecular flexibility index (Phi) is 3.20. The van der Waals surface area contributed by atoms with Crippen LogP contribution in [-0.4, -0.2) is 4.98 Å². The van der Waals surface area contributed by atoms with E-state index in [1.807, 2.05) is 24.3 Å². The molecule has 0 saturated heterocycles. The van der Waals surface area contributed by atoms with Crippen molar-refractivity contribution in [3.05, 3.63) is 65.7 Å². The van der Waals surface area contributed by atoms with Gasteiger partial charge in [0.2, 0.25) is 5.88 Å². The smallest absolute Gasteiger partial charge is 0.237 e. The second-order valence-electron chi connectivity index (χ2n) is 4.32. The van der Waals surface area contributed by atoms with Gasteiger partial charge in [-0.25, -0.2) is 13.8 Å². The van der Waals surface area contributed by atoms with E-state index in [1.165, 1.54) is 6.07 Å². The number of pyridine rings is 1. The van der Waals surface area contributed by atoms with Gasteiger partial charge >= 0.3 is 0 Å². The molecule has 0 aliphatic rings. The molecule has 0 amide bonds. The number of fused-ring (bicyclic) bond motifs is 1. The Labute approximate surface area is 119 Å². The molecule has 0 unspecified atom stereocenters. The van der Waals surface area contributed by atoms with Crippen LogP contribution in [0.4, 0.5) is 8.78 Å². The molecule has 0 spiro atoms. The largest absolute Gasteiger partial charge is 0.438 e. The van der Waals surface area contributed by atoms with E-state index in [2.05, 4.69) is 4.98 Å². The molecule has 3 nitrogen and oxygen atoms in total. The summed E-state index contributed by atoms with van der Waals surface area (Å²) in [5, 5.41) is 9.95. The van der Waals surface area contributed by atoms with Gasteiger partial charge in [0.1, 0.15) is 17.4 Å². The predicted molar refractivity (Wildman–Crippen MR) is 72.9 cm³/mol. The number of rotatable bonds is 2. The average Bonchev–Trinajstić information content (AvgIpc) is 2.50. The molecule has 3 aromatic rings. The molecule has 1 heterocycles. The number of halogens is 2. The summed E-state index contributed by atoms with van der Waals surface area (Å²) in [6.07, 6.45) is 0. The normalized spacial score (nSPS) is 10.3. The van der Waals surface area contributed by atoms with Crippen LogP contribution in [0.2, 0.25) is 0 Å². The molecule has 0 aliphatic heterocycles. The van der Waals surface area contributed by atoms with Gasteiger partial charge < -0.3 is 4.74 Å². The summed E-state index contributed by atoms with van der Waals surface area (Å²) in [4.78, 5) is 4.23. The number of aromatic nitrogens is 1. The lowest BCUT2D eigenvalue weighted by atomic mass is 10.1. The van der Waals surface area contributed by atoms with Gasteiger partial charge in [-0.3, -0.25) is 0 Å². The van der Waals surface area contributed by atoms with Crippen LogP contribution in [0.1, 0.15) is 5.56 Å². The first-order chi connectivity index (χ1) is 10.2. The zero-order valence-electron chi connectivity index (χ0n) is 10.7. The van der Waals surface area contributed by atoms with E-state index in [0.717, 1.165) is 17.5 Å². The highest BCUT2D eigenvalue weighted by Crippen LogP contribution is 2.27. The molecule has 0 atom stereocenters. The molecule has 0 N–H and O–H groups in total. The van der Waals surface area contributed by atoms with Crippen molar-refractivity contribution in [1.29, 1.82) is 5.26 Å². The van der Waals surface area contributed by atoms with E-state index >= 15 is 0 Å². The van der Waals surface area contributed by atoms with Crippen LogP contribution in [-0.2, 0) is 0 Å². The molecule has 102 valence electrons. The summed E-state index contributed by atoms with van der Waals surface area (Å²) in [6.45, 7) is 0. The summed E-state index contributed by atoms with van der Waals surface area (Å²) in [5.74, 6) is -1.85. The van der Waals surface area contributed by atoms with Crippen LogP contribution in [0.3, 0.4) is 0 Å². The second kappa shape index (κ2) is 5.17. The van der Waals surface area contributed by atoms with E-state index in [0.29, 0.717) is 5.52 Å². The average molecular weight is 282 g/mol. The van der Waals surface area contributed by atoms with Crippen LogP contribution < -0.4 is 4.74 Å². The molecule has 0 aliphatic carbocycles. The monoisotopic (exact) mass is 282 g/mol. The number of hydrogen-bond donors (Lipinski definition) is 0. The zero-order chi connectivity index (χ0) is 14.8. The van der Waals surface area contributed by atoms with Crippen molar-refractivity contribution in [2.45, 2.75) is 0 Å². The Hall–Kier alpha value is -3.00. The molecule has 1 aromatic heterocycles. The lowest BCUT2D eigenvalue weighted by Gasteiger charge is -2.08. The molecule has 0 radical (unpaired) electrons. The highest BCUT2D eigenvalue weighted by Gasteiger charge is 2.10. The Morgan fingerprint density at radius 2 is 1.81 bits per heavy atom. The van der Waals surface area contributed by atoms with E-state index in [9.17, 15) is 8.78 Å². The van der Waals surface area contributed by atoms with Crippen molar-refractivity contribution in [1.82, 2.24) is 4.98 Å². The Morgan fingerprint density at radius 3 is 2.57 bits per heavy atom. The molecular weight excluding hydrogens is 274 g/mol. The topological polar surface area (TPSA) is 45.9 Å². The van der Waals surface area contributed by atoms with Gasteiger partial charge in [0.25, 0.3) is 0 Å². The van der Waals surface area contributed by atoms with Gasteiger partial charge in [0.15, 0.2) is 11.6 Å². The molecule has 2 aromatic carbocycles. The fourth-order valence-electron chi connectivity index (χ4n) is 1.91. The van der Waals surface area contributed by atoms with Crippen LogP contribution in [0.15, 0.2) is 48.5 Å². The third kappa shape index (κ3) is 2.51. The first-order valence-corrected chi connectivity index (χ1v) is 6.10. The third-order valence-electron chi connectivity index (χ3n) is 2.92. The second-order valence-corrected chi connectivity index (χ2v) is 4.32. The van der Waals surface area contributed by atoms with Gasteiger partial charge in [0.05, 0.1) is 5.52 Å². The molecular formula is C16H8F2N2O. The highest BCUT2D eigenvalue weighted by molar-refractivity contribution is 5.80. The highest BCUT2D eigenvalue weighted by atomic mass is 19.2. The van der Waals surface area contributed by atoms with Crippen LogP contribution in [0.25, 0.3) is 10.9 Å². The SMILES string of the molecule is N#Cc1cc2ccccc2nc1Oc1ccc(F)c(F)c1. The van der Waals surface area contributed by atoms with E-state index < -0.39 is 11.6 Å². The summed E-state index contributed by atoms with van der Waals surface area (Å²) >= 11 is 0. The number of ether oxygens (including phenoxy) is 1. The number of nitrogens with zero attached hydrogens (tertiary/aromatic N) is 2. The number of benzene rings is 2. The number of para-hydroxylation sites is 1. The van der Waals surface area contributed by atoms with Crippen molar-refractivity contribution < 1.29 is 13.5 Å². The van der Waals surface area contributed by atoms with Crippen LogP contribution >= 0.6 is 0 Å². The van der Waals surface area contributed by atoms with E-state index in [-0.39, 0.29) is 17.2 Å². The van der Waals surface area contributed by atoms with E-state index in [1.54, 1.807) is 12.1 Å². The summed E-state index contributed by atoms with van der Waals surface area (Å²) in [7, 11) is 0. The standard InChI is InChI=1S/C16H8F2N2O/c17-13-6-5-12(8-14(13)18)21-16-11(9-19)7-10-3-1-2-4-15(10)20-16/h1-8H. The molecule has 21 heavy (non-hydrogen) atoms. The first-order valence-electron chi connectivity index (χ1n) is 6.10. The van der Waals surface area contributed by atoms with Gasteiger partial charge in [-0.15, -0.1) is 0 Å². The fourth-order valence-corrected chi connectivity index (χ4v) is 1.91. The van der Waals surface area contributed by atoms with Crippen molar-refractivity contribution in [3.8, 4) is 17.7 Å². The first kappa shape index (κ1) is 13.0. The Balaban J connectivity index is 2.06. The van der Waals surface area contributed by atoms with Crippen molar-refractivity contribution in [3.63, 3.8) is 0 Å². The minimum absolute atomic E-state index is 0.0576. The lowest BCUT2D eigenvalue weighted by molar-refractivity contribution is 0.448. The Bertz CT molecular complexity index is 872. The lowest BCUT2D eigenvalue weighted by Crippen LogP contribution is -1.94. The molecule has 0 bridgehead atoms. The summed E-state index contributed by atoms with van der Waals surface area (Å²) in [6, 6.07) is 14.0. The maximum absolute atomic E-state index is 13.2. The van der Waals surface area contributed by atoms with Gasteiger partial charge in [-0.2, -0.15) is 5.26 Å². The third-order valence-corrected chi connectivity index (χ3v) is 2.92. The minimum atomic E-state index is -1.02. The van der Waals surface area contributed by atoms with E-state index in [4.69, 9.17) is 10.00 Å².